The molecule has 0 radical (unpaired) electrons. The maximum Gasteiger partial charge on any atom is 0.0664 e. The van der Waals surface area contributed by atoms with E-state index in [-0.39, 0.29) is 12.1 Å². The van der Waals surface area contributed by atoms with Gasteiger partial charge in [-0.1, -0.05) is 55.8 Å². The molecule has 2 nitrogen and oxygen atoms in total. The summed E-state index contributed by atoms with van der Waals surface area (Å²) in [5.41, 5.74) is 1.29. The largest absolute Gasteiger partial charge is 0.392 e. The lowest BCUT2D eigenvalue weighted by Gasteiger charge is -2.18. The third kappa shape index (κ3) is 3.55. The van der Waals surface area contributed by atoms with Crippen molar-refractivity contribution in [2.24, 2.45) is 0 Å². The van der Waals surface area contributed by atoms with E-state index in [0.29, 0.717) is 6.54 Å². The molecule has 2 heteroatoms. The van der Waals surface area contributed by atoms with Crippen LogP contribution in [-0.2, 0) is 0 Å². The Labute approximate surface area is 115 Å². The van der Waals surface area contributed by atoms with Crippen molar-refractivity contribution in [3.05, 3.63) is 48.0 Å². The highest BCUT2D eigenvalue weighted by Crippen LogP contribution is 2.23. The lowest BCUT2D eigenvalue weighted by Crippen LogP contribution is -2.29. The van der Waals surface area contributed by atoms with Crippen LogP contribution in [0, 0.1) is 0 Å². The third-order valence-electron chi connectivity index (χ3n) is 3.57. The van der Waals surface area contributed by atoms with Gasteiger partial charge in [0.05, 0.1) is 6.10 Å². The fourth-order valence-corrected chi connectivity index (χ4v) is 2.49. The topological polar surface area (TPSA) is 32.3 Å². The Balaban J connectivity index is 2.11. The van der Waals surface area contributed by atoms with Crippen LogP contribution in [0.4, 0.5) is 0 Å². The molecule has 0 fully saturated rings. The van der Waals surface area contributed by atoms with Gasteiger partial charge < -0.3 is 10.4 Å². The van der Waals surface area contributed by atoms with Crippen molar-refractivity contribution in [1.82, 2.24) is 5.32 Å². The maximum absolute atomic E-state index is 9.80. The monoisotopic (exact) mass is 257 g/mol. The summed E-state index contributed by atoms with van der Waals surface area (Å²) in [7, 11) is 0. The first kappa shape index (κ1) is 14.0. The van der Waals surface area contributed by atoms with Gasteiger partial charge in [-0.3, -0.25) is 0 Å². The highest BCUT2D eigenvalue weighted by atomic mass is 16.3. The van der Waals surface area contributed by atoms with Gasteiger partial charge >= 0.3 is 0 Å². The normalized spacial score (nSPS) is 14.5. The molecule has 0 amide bonds. The quantitative estimate of drug-likeness (QED) is 0.828. The Morgan fingerprint density at radius 1 is 1.11 bits per heavy atom. The number of fused-ring (bicyclic) bond motifs is 1. The first-order chi connectivity index (χ1) is 9.22. The zero-order chi connectivity index (χ0) is 13.7. The van der Waals surface area contributed by atoms with E-state index in [1.165, 1.54) is 16.3 Å². The molecule has 0 bridgehead atoms. The number of rotatable bonds is 6. The fourth-order valence-electron chi connectivity index (χ4n) is 2.49. The Kier molecular flexibility index (Phi) is 4.94. The molecule has 0 aliphatic heterocycles. The lowest BCUT2D eigenvalue weighted by atomic mass is 9.99. The smallest absolute Gasteiger partial charge is 0.0664 e. The number of aliphatic hydroxyl groups excluding tert-OH is 1. The van der Waals surface area contributed by atoms with Crippen LogP contribution in [0.1, 0.15) is 38.3 Å². The molecule has 0 aromatic heterocycles. The second-order valence-electron chi connectivity index (χ2n) is 5.14. The molecule has 0 heterocycles. The van der Waals surface area contributed by atoms with Gasteiger partial charge in [-0.15, -0.1) is 0 Å². The Bertz CT molecular complexity index is 518. The van der Waals surface area contributed by atoms with Crippen molar-refractivity contribution in [2.45, 2.75) is 38.8 Å². The van der Waals surface area contributed by atoms with E-state index in [9.17, 15) is 5.11 Å². The van der Waals surface area contributed by atoms with Crippen LogP contribution >= 0.6 is 0 Å². The van der Waals surface area contributed by atoms with Crippen molar-refractivity contribution >= 4 is 10.8 Å². The van der Waals surface area contributed by atoms with Gasteiger partial charge in [0.1, 0.15) is 0 Å². The number of hydrogen-bond donors (Lipinski definition) is 2. The van der Waals surface area contributed by atoms with E-state index in [2.05, 4.69) is 61.6 Å². The number of aliphatic hydroxyl groups is 1. The summed E-state index contributed by atoms with van der Waals surface area (Å²) in [5.74, 6) is 0. The third-order valence-corrected chi connectivity index (χ3v) is 3.57. The van der Waals surface area contributed by atoms with Crippen molar-refractivity contribution < 1.29 is 5.11 Å². The van der Waals surface area contributed by atoms with Gasteiger partial charge in [0, 0.05) is 12.6 Å². The first-order valence-electron chi connectivity index (χ1n) is 7.11. The summed E-state index contributed by atoms with van der Waals surface area (Å²) in [6.45, 7) is 4.90. The molecule has 2 N–H and O–H groups in total. The van der Waals surface area contributed by atoms with Gasteiger partial charge in [0.15, 0.2) is 0 Å². The van der Waals surface area contributed by atoms with Gasteiger partial charge in [0.2, 0.25) is 0 Å². The molecule has 0 aliphatic carbocycles. The molecule has 2 rings (SSSR count). The van der Waals surface area contributed by atoms with Gasteiger partial charge in [-0.25, -0.2) is 0 Å². The Hall–Kier alpha value is -1.38. The predicted molar refractivity (Wildman–Crippen MR) is 81.3 cm³/mol. The van der Waals surface area contributed by atoms with Crippen molar-refractivity contribution in [2.75, 3.05) is 6.54 Å². The summed E-state index contributed by atoms with van der Waals surface area (Å²) in [4.78, 5) is 0. The standard InChI is InChI=1S/C17H23NO/c1-3-7-15(19)12-18-13(2)16-11-6-9-14-8-4-5-10-17(14)16/h4-6,8-11,13,15,18-19H,3,7,12H2,1-2H3. The van der Waals surface area contributed by atoms with E-state index < -0.39 is 0 Å². The van der Waals surface area contributed by atoms with Gasteiger partial charge in [-0.2, -0.15) is 0 Å². The minimum atomic E-state index is -0.248. The van der Waals surface area contributed by atoms with E-state index in [1.54, 1.807) is 0 Å². The first-order valence-corrected chi connectivity index (χ1v) is 7.11. The molecule has 2 aromatic carbocycles. The number of hydrogen-bond acceptors (Lipinski definition) is 2. The molecule has 2 unspecified atom stereocenters. The van der Waals surface area contributed by atoms with E-state index >= 15 is 0 Å². The Morgan fingerprint density at radius 3 is 2.63 bits per heavy atom. The number of nitrogens with one attached hydrogen (secondary N) is 1. The van der Waals surface area contributed by atoms with E-state index in [0.717, 1.165) is 12.8 Å². The fraction of sp³-hybridized carbons (Fsp3) is 0.412. The molecule has 2 aromatic rings. The molecule has 102 valence electrons. The minimum absolute atomic E-state index is 0.248. The summed E-state index contributed by atoms with van der Waals surface area (Å²) >= 11 is 0. The summed E-state index contributed by atoms with van der Waals surface area (Å²) in [6, 6.07) is 15.1. The molecule has 0 spiro atoms. The van der Waals surface area contributed by atoms with Crippen LogP contribution in [0.25, 0.3) is 10.8 Å². The molecule has 19 heavy (non-hydrogen) atoms. The van der Waals surface area contributed by atoms with Crippen molar-refractivity contribution in [3.63, 3.8) is 0 Å². The van der Waals surface area contributed by atoms with Crippen LogP contribution in [0.2, 0.25) is 0 Å². The summed E-state index contributed by atoms with van der Waals surface area (Å²) in [6.07, 6.45) is 1.63. The zero-order valence-electron chi connectivity index (χ0n) is 11.8. The summed E-state index contributed by atoms with van der Waals surface area (Å²) in [5, 5.41) is 15.8. The summed E-state index contributed by atoms with van der Waals surface area (Å²) < 4.78 is 0. The SMILES string of the molecule is CCCC(O)CNC(C)c1cccc2ccccc12. The van der Waals surface area contributed by atoms with Crippen molar-refractivity contribution in [1.29, 1.82) is 0 Å². The average Bonchev–Trinajstić information content (AvgIpc) is 2.44. The van der Waals surface area contributed by atoms with Gasteiger partial charge in [0.25, 0.3) is 0 Å². The second-order valence-corrected chi connectivity index (χ2v) is 5.14. The minimum Gasteiger partial charge on any atom is -0.392 e. The molecule has 2 atom stereocenters. The second kappa shape index (κ2) is 6.69. The van der Waals surface area contributed by atoms with E-state index in [4.69, 9.17) is 0 Å². The van der Waals surface area contributed by atoms with Crippen LogP contribution < -0.4 is 5.32 Å². The van der Waals surface area contributed by atoms with Crippen LogP contribution in [-0.4, -0.2) is 17.8 Å². The highest BCUT2D eigenvalue weighted by Gasteiger charge is 2.10. The van der Waals surface area contributed by atoms with Crippen LogP contribution in [0.3, 0.4) is 0 Å². The molecular weight excluding hydrogens is 234 g/mol. The maximum atomic E-state index is 9.80. The van der Waals surface area contributed by atoms with E-state index in [1.807, 2.05) is 0 Å². The average molecular weight is 257 g/mol. The lowest BCUT2D eigenvalue weighted by molar-refractivity contribution is 0.157. The zero-order valence-corrected chi connectivity index (χ0v) is 11.8. The van der Waals surface area contributed by atoms with Crippen LogP contribution in [0.15, 0.2) is 42.5 Å². The number of benzene rings is 2. The van der Waals surface area contributed by atoms with Gasteiger partial charge in [-0.05, 0) is 29.7 Å². The predicted octanol–water partition coefficient (Wildman–Crippen LogP) is 3.65. The molecular formula is C17H23NO. The molecule has 0 saturated heterocycles. The molecule has 0 saturated carbocycles. The van der Waals surface area contributed by atoms with Crippen molar-refractivity contribution in [3.8, 4) is 0 Å². The van der Waals surface area contributed by atoms with Crippen LogP contribution in [0.5, 0.6) is 0 Å². The highest BCUT2D eigenvalue weighted by molar-refractivity contribution is 5.86. The Morgan fingerprint density at radius 2 is 1.84 bits per heavy atom. The molecule has 0 aliphatic rings.